The summed E-state index contributed by atoms with van der Waals surface area (Å²) in [6, 6.07) is 3.00. The Kier molecular flexibility index (Phi) is 10.9. The molecule has 0 unspecified atom stereocenters. The van der Waals surface area contributed by atoms with Crippen LogP contribution in [0.2, 0.25) is 0 Å². The van der Waals surface area contributed by atoms with Crippen molar-refractivity contribution in [3.05, 3.63) is 28.8 Å². The number of aldehydes is 1. The molecule has 0 heterocycles. The zero-order chi connectivity index (χ0) is 21.1. The predicted molar refractivity (Wildman–Crippen MR) is 112 cm³/mol. The Balaban J connectivity index is 3.20. The van der Waals surface area contributed by atoms with E-state index in [1.807, 2.05) is 20.1 Å². The summed E-state index contributed by atoms with van der Waals surface area (Å²) in [4.78, 5) is 37.5. The van der Waals surface area contributed by atoms with E-state index in [0.29, 0.717) is 29.6 Å². The second-order valence-corrected chi connectivity index (χ2v) is 7.55. The molecule has 5 nitrogen and oxygen atoms in total. The van der Waals surface area contributed by atoms with Crippen LogP contribution in [0.5, 0.6) is 0 Å². The smallest absolute Gasteiger partial charge is 0.339 e. The van der Waals surface area contributed by atoms with Gasteiger partial charge in [0.05, 0.1) is 11.1 Å². The summed E-state index contributed by atoms with van der Waals surface area (Å²) in [6.07, 6.45) is 6.92. The highest BCUT2D eigenvalue weighted by Crippen LogP contribution is 2.27. The number of benzene rings is 1. The molecule has 0 amide bonds. The number of carbonyl (C=O) groups excluding carboxylic acids is 3. The third-order valence-electron chi connectivity index (χ3n) is 4.62. The molecule has 0 aliphatic rings. The van der Waals surface area contributed by atoms with Crippen LogP contribution < -0.4 is 0 Å². The maximum Gasteiger partial charge on any atom is 0.339 e. The highest BCUT2D eigenvalue weighted by Gasteiger charge is 2.23. The third kappa shape index (κ3) is 6.66. The van der Waals surface area contributed by atoms with E-state index in [0.717, 1.165) is 25.7 Å². The van der Waals surface area contributed by atoms with Gasteiger partial charge in [-0.1, -0.05) is 40.5 Å². The maximum atomic E-state index is 12.7. The number of rotatable bonds is 12. The van der Waals surface area contributed by atoms with Gasteiger partial charge in [0.1, 0.15) is 12.2 Å². The van der Waals surface area contributed by atoms with Crippen LogP contribution in [0, 0.1) is 0 Å². The van der Waals surface area contributed by atoms with Gasteiger partial charge in [0, 0.05) is 10.5 Å². The van der Waals surface area contributed by atoms with Crippen LogP contribution in [0.1, 0.15) is 97.3 Å². The molecule has 0 bridgehead atoms. The lowest BCUT2D eigenvalue weighted by Crippen LogP contribution is -2.20. The van der Waals surface area contributed by atoms with Crippen LogP contribution in [0.3, 0.4) is 0 Å². The van der Waals surface area contributed by atoms with Gasteiger partial charge in [-0.25, -0.2) is 9.59 Å². The molecule has 0 aliphatic carbocycles. The zero-order valence-corrected chi connectivity index (χ0v) is 18.4. The molecule has 0 saturated heterocycles. The van der Waals surface area contributed by atoms with Gasteiger partial charge < -0.3 is 9.47 Å². The normalized spacial score (nSPS) is 11.0. The van der Waals surface area contributed by atoms with Gasteiger partial charge in [-0.15, -0.1) is 11.8 Å². The van der Waals surface area contributed by atoms with Gasteiger partial charge in [0.15, 0.2) is 6.29 Å². The molecule has 0 radical (unpaired) electrons. The van der Waals surface area contributed by atoms with Crippen LogP contribution >= 0.6 is 11.8 Å². The number of thioether (sulfide) groups is 1. The topological polar surface area (TPSA) is 69.7 Å². The Morgan fingerprint density at radius 3 is 1.93 bits per heavy atom. The summed E-state index contributed by atoms with van der Waals surface area (Å²) in [5.41, 5.74) is 0.635. The zero-order valence-electron chi connectivity index (χ0n) is 17.6. The summed E-state index contributed by atoms with van der Waals surface area (Å²) < 4.78 is 11.2. The van der Waals surface area contributed by atoms with Crippen LogP contribution in [0.4, 0.5) is 0 Å². The fraction of sp³-hybridized carbons (Fsp3) is 0.591. The van der Waals surface area contributed by atoms with E-state index in [1.54, 1.807) is 6.07 Å². The molecule has 0 atom stereocenters. The van der Waals surface area contributed by atoms with E-state index in [9.17, 15) is 14.4 Å². The minimum atomic E-state index is -0.541. The first kappa shape index (κ1) is 24.2. The molecular formula is C22H32O5S. The largest absolute Gasteiger partial charge is 0.459 e. The van der Waals surface area contributed by atoms with Gasteiger partial charge in [-0.05, 0) is 44.1 Å². The molecule has 1 rings (SSSR count). The summed E-state index contributed by atoms with van der Waals surface area (Å²) in [7, 11) is 0. The van der Waals surface area contributed by atoms with E-state index < -0.39 is 11.9 Å². The Labute approximate surface area is 172 Å². The van der Waals surface area contributed by atoms with Crippen LogP contribution in [0.25, 0.3) is 0 Å². The lowest BCUT2D eigenvalue weighted by atomic mass is 10.0. The van der Waals surface area contributed by atoms with Crippen molar-refractivity contribution in [1.29, 1.82) is 0 Å². The highest BCUT2D eigenvalue weighted by molar-refractivity contribution is 7.98. The van der Waals surface area contributed by atoms with E-state index in [1.165, 1.54) is 17.8 Å². The summed E-state index contributed by atoms with van der Waals surface area (Å²) in [5, 5.41) is 0. The van der Waals surface area contributed by atoms with Crippen molar-refractivity contribution in [3.8, 4) is 0 Å². The fourth-order valence-electron chi connectivity index (χ4n) is 2.99. The van der Waals surface area contributed by atoms with Crippen molar-refractivity contribution in [2.24, 2.45) is 0 Å². The number of ether oxygens (including phenoxy) is 2. The van der Waals surface area contributed by atoms with Gasteiger partial charge in [-0.3, -0.25) is 4.79 Å². The molecule has 0 saturated carbocycles. The minimum absolute atomic E-state index is 0.142. The fourth-order valence-corrected chi connectivity index (χ4v) is 3.59. The average Bonchev–Trinajstić information content (AvgIpc) is 2.70. The van der Waals surface area contributed by atoms with E-state index in [-0.39, 0.29) is 23.3 Å². The maximum absolute atomic E-state index is 12.7. The summed E-state index contributed by atoms with van der Waals surface area (Å²) in [6.45, 7) is 7.98. The molecule has 0 aromatic heterocycles. The standard InChI is InChI=1S/C22H32O5S/c1-6-10-17(11-7-2)27-22(25)19-12-15(14-23)18(13-20(19)28-5)21(24)26-16(8-3)9-4/h12-14,16-17H,6-11H2,1-5H3. The van der Waals surface area contributed by atoms with Crippen molar-refractivity contribution in [1.82, 2.24) is 0 Å². The summed E-state index contributed by atoms with van der Waals surface area (Å²) in [5.74, 6) is -1.000. The van der Waals surface area contributed by atoms with Crippen LogP contribution in [-0.2, 0) is 9.47 Å². The van der Waals surface area contributed by atoms with Crippen molar-refractivity contribution < 1.29 is 23.9 Å². The molecule has 0 aliphatic heterocycles. The number of hydrogen-bond donors (Lipinski definition) is 0. The third-order valence-corrected chi connectivity index (χ3v) is 5.40. The van der Waals surface area contributed by atoms with E-state index >= 15 is 0 Å². The molecule has 0 fully saturated rings. The van der Waals surface area contributed by atoms with Gasteiger partial charge in [0.25, 0.3) is 0 Å². The molecule has 1 aromatic carbocycles. The molecule has 6 heteroatoms. The average molecular weight is 409 g/mol. The molecule has 0 spiro atoms. The van der Waals surface area contributed by atoms with E-state index in [4.69, 9.17) is 9.47 Å². The lowest BCUT2D eigenvalue weighted by molar-refractivity contribution is 0.0247. The van der Waals surface area contributed by atoms with Crippen molar-refractivity contribution in [2.45, 2.75) is 83.3 Å². The molecular weight excluding hydrogens is 376 g/mol. The SMILES string of the molecule is CCCC(CCC)OC(=O)c1cc(C=O)c(C(=O)OC(CC)CC)cc1SC. The molecule has 1 aromatic rings. The Morgan fingerprint density at radius 1 is 0.929 bits per heavy atom. The predicted octanol–water partition coefficient (Wildman–Crippen LogP) is 5.69. The Hall–Kier alpha value is -1.82. The number of esters is 2. The second kappa shape index (κ2) is 12.6. The van der Waals surface area contributed by atoms with Gasteiger partial charge in [0.2, 0.25) is 0 Å². The molecule has 0 N–H and O–H groups in total. The first-order chi connectivity index (χ1) is 13.4. The highest BCUT2D eigenvalue weighted by atomic mass is 32.2. The molecule has 156 valence electrons. The van der Waals surface area contributed by atoms with Crippen molar-refractivity contribution >= 4 is 30.0 Å². The van der Waals surface area contributed by atoms with Crippen molar-refractivity contribution in [2.75, 3.05) is 6.26 Å². The monoisotopic (exact) mass is 408 g/mol. The first-order valence-corrected chi connectivity index (χ1v) is 11.3. The van der Waals surface area contributed by atoms with Gasteiger partial charge >= 0.3 is 11.9 Å². The quantitative estimate of drug-likeness (QED) is 0.251. The van der Waals surface area contributed by atoms with Crippen LogP contribution in [0.15, 0.2) is 17.0 Å². The minimum Gasteiger partial charge on any atom is -0.459 e. The van der Waals surface area contributed by atoms with E-state index in [2.05, 4.69) is 13.8 Å². The summed E-state index contributed by atoms with van der Waals surface area (Å²) >= 11 is 1.33. The van der Waals surface area contributed by atoms with Gasteiger partial charge in [-0.2, -0.15) is 0 Å². The number of hydrogen-bond acceptors (Lipinski definition) is 6. The molecule has 28 heavy (non-hydrogen) atoms. The Bertz CT molecular complexity index is 661. The van der Waals surface area contributed by atoms with Crippen molar-refractivity contribution in [3.63, 3.8) is 0 Å². The first-order valence-electron chi connectivity index (χ1n) is 10.0. The number of carbonyl (C=O) groups is 3. The van der Waals surface area contributed by atoms with Crippen LogP contribution in [-0.4, -0.2) is 36.7 Å². The second-order valence-electron chi connectivity index (χ2n) is 6.71. The lowest BCUT2D eigenvalue weighted by Gasteiger charge is -2.19. The Morgan fingerprint density at radius 2 is 1.46 bits per heavy atom.